The molecule has 0 amide bonds. The van der Waals surface area contributed by atoms with Gasteiger partial charge in [0.15, 0.2) is 0 Å². The second-order valence-electron chi connectivity index (χ2n) is 4.87. The molecule has 1 heterocycles. The zero-order valence-corrected chi connectivity index (χ0v) is 14.1. The highest BCUT2D eigenvalue weighted by Gasteiger charge is 2.22. The Morgan fingerprint density at radius 2 is 1.86 bits per heavy atom. The summed E-state index contributed by atoms with van der Waals surface area (Å²) in [5, 5.41) is 4.58. The lowest BCUT2D eigenvalue weighted by molar-refractivity contribution is 0.414. The van der Waals surface area contributed by atoms with E-state index in [9.17, 15) is 0 Å². The molecule has 0 aliphatic carbocycles. The summed E-state index contributed by atoms with van der Waals surface area (Å²) in [5.41, 5.74) is 1.98. The molecular formula is C16H19Cl2NO2. The van der Waals surface area contributed by atoms with E-state index < -0.39 is 0 Å². The lowest BCUT2D eigenvalue weighted by atomic mass is 9.98. The Kier molecular flexibility index (Phi) is 5.20. The van der Waals surface area contributed by atoms with Crippen LogP contribution in [0.4, 0.5) is 0 Å². The Morgan fingerprint density at radius 1 is 1.14 bits per heavy atom. The van der Waals surface area contributed by atoms with Gasteiger partial charge in [0.05, 0.1) is 18.2 Å². The summed E-state index contributed by atoms with van der Waals surface area (Å²) in [7, 11) is 1.57. The minimum Gasteiger partial charge on any atom is -0.495 e. The van der Waals surface area contributed by atoms with Gasteiger partial charge in [-0.25, -0.2) is 0 Å². The van der Waals surface area contributed by atoms with Crippen molar-refractivity contribution in [3.63, 3.8) is 0 Å². The van der Waals surface area contributed by atoms with E-state index in [1.807, 2.05) is 32.9 Å². The van der Waals surface area contributed by atoms with E-state index >= 15 is 0 Å². The fourth-order valence-electron chi connectivity index (χ4n) is 2.45. The van der Waals surface area contributed by atoms with Gasteiger partial charge in [-0.05, 0) is 38.1 Å². The highest BCUT2D eigenvalue weighted by molar-refractivity contribution is 6.34. The van der Waals surface area contributed by atoms with Gasteiger partial charge < -0.3 is 14.5 Å². The average Bonchev–Trinajstić information content (AvgIpc) is 2.77. The van der Waals surface area contributed by atoms with Crippen LogP contribution < -0.4 is 10.1 Å². The number of hydrogen-bond acceptors (Lipinski definition) is 3. The molecule has 0 fully saturated rings. The molecule has 2 rings (SSSR count). The smallest absolute Gasteiger partial charge is 0.138 e. The number of methoxy groups -OCH3 is 1. The first kappa shape index (κ1) is 16.2. The maximum absolute atomic E-state index is 6.41. The minimum absolute atomic E-state index is 0.0663. The topological polar surface area (TPSA) is 34.4 Å². The highest BCUT2D eigenvalue weighted by atomic mass is 35.5. The number of halogens is 2. The molecule has 0 saturated carbocycles. The Hall–Kier alpha value is -1.16. The van der Waals surface area contributed by atoms with Crippen LogP contribution in [0.25, 0.3) is 0 Å². The molecule has 114 valence electrons. The maximum atomic E-state index is 6.41. The van der Waals surface area contributed by atoms with Crippen molar-refractivity contribution < 1.29 is 9.15 Å². The summed E-state index contributed by atoms with van der Waals surface area (Å²) in [6, 6.07) is 5.55. The van der Waals surface area contributed by atoms with Crippen LogP contribution in [0.3, 0.4) is 0 Å². The van der Waals surface area contributed by atoms with Gasteiger partial charge in [0, 0.05) is 16.7 Å². The molecule has 1 aromatic heterocycles. The molecule has 0 saturated heterocycles. The third-order valence-electron chi connectivity index (χ3n) is 3.38. The molecule has 1 aromatic carbocycles. The van der Waals surface area contributed by atoms with Gasteiger partial charge in [-0.3, -0.25) is 0 Å². The van der Waals surface area contributed by atoms with Crippen molar-refractivity contribution in [1.29, 1.82) is 0 Å². The first-order valence-corrected chi connectivity index (χ1v) is 7.56. The minimum atomic E-state index is -0.0663. The van der Waals surface area contributed by atoms with E-state index in [1.54, 1.807) is 13.2 Å². The van der Waals surface area contributed by atoms with Crippen molar-refractivity contribution in [2.24, 2.45) is 0 Å². The van der Waals surface area contributed by atoms with E-state index in [2.05, 4.69) is 5.32 Å². The number of ether oxygens (including phenoxy) is 1. The second-order valence-corrected chi connectivity index (χ2v) is 5.68. The quantitative estimate of drug-likeness (QED) is 0.847. The SMILES string of the molecule is CCNC(c1cc(Cl)c(OC)cc1Cl)c1cc(C)oc1C. The highest BCUT2D eigenvalue weighted by Crippen LogP contribution is 2.37. The summed E-state index contributed by atoms with van der Waals surface area (Å²) in [4.78, 5) is 0. The number of hydrogen-bond donors (Lipinski definition) is 1. The van der Waals surface area contributed by atoms with Gasteiger partial charge in [0.1, 0.15) is 17.3 Å². The van der Waals surface area contributed by atoms with E-state index in [4.69, 9.17) is 32.4 Å². The average molecular weight is 328 g/mol. The van der Waals surface area contributed by atoms with Gasteiger partial charge in [-0.2, -0.15) is 0 Å². The third-order valence-corrected chi connectivity index (χ3v) is 4.00. The van der Waals surface area contributed by atoms with Crippen molar-refractivity contribution in [3.05, 3.63) is 50.9 Å². The summed E-state index contributed by atoms with van der Waals surface area (Å²) in [6.07, 6.45) is 0. The summed E-state index contributed by atoms with van der Waals surface area (Å²) >= 11 is 12.7. The Bertz CT molecular complexity index is 637. The molecule has 2 aromatic rings. The van der Waals surface area contributed by atoms with Crippen LogP contribution in [-0.2, 0) is 0 Å². The lowest BCUT2D eigenvalue weighted by Crippen LogP contribution is -2.22. The van der Waals surface area contributed by atoms with Gasteiger partial charge >= 0.3 is 0 Å². The van der Waals surface area contributed by atoms with Crippen LogP contribution in [0, 0.1) is 13.8 Å². The summed E-state index contributed by atoms with van der Waals surface area (Å²) in [6.45, 7) is 6.73. The predicted molar refractivity (Wildman–Crippen MR) is 86.7 cm³/mol. The molecule has 0 spiro atoms. The van der Waals surface area contributed by atoms with Crippen molar-refractivity contribution in [2.45, 2.75) is 26.8 Å². The molecule has 0 aliphatic rings. The summed E-state index contributed by atoms with van der Waals surface area (Å²) < 4.78 is 10.8. The number of rotatable bonds is 5. The van der Waals surface area contributed by atoms with Crippen LogP contribution in [0.15, 0.2) is 22.6 Å². The van der Waals surface area contributed by atoms with Gasteiger partial charge in [-0.1, -0.05) is 30.1 Å². The largest absolute Gasteiger partial charge is 0.495 e. The van der Waals surface area contributed by atoms with Crippen LogP contribution >= 0.6 is 23.2 Å². The number of aryl methyl sites for hydroxylation is 2. The van der Waals surface area contributed by atoms with E-state index in [0.29, 0.717) is 15.8 Å². The monoisotopic (exact) mass is 327 g/mol. The Balaban J connectivity index is 2.53. The number of benzene rings is 1. The summed E-state index contributed by atoms with van der Waals surface area (Å²) in [5.74, 6) is 2.32. The van der Waals surface area contributed by atoms with Crippen LogP contribution in [0.1, 0.15) is 35.6 Å². The van der Waals surface area contributed by atoms with Crippen molar-refractivity contribution in [1.82, 2.24) is 5.32 Å². The van der Waals surface area contributed by atoms with Gasteiger partial charge in [0.25, 0.3) is 0 Å². The maximum Gasteiger partial charge on any atom is 0.138 e. The molecule has 5 heteroatoms. The van der Waals surface area contributed by atoms with Crippen molar-refractivity contribution in [3.8, 4) is 5.75 Å². The molecule has 3 nitrogen and oxygen atoms in total. The first-order chi connectivity index (χ1) is 9.97. The molecule has 21 heavy (non-hydrogen) atoms. The first-order valence-electron chi connectivity index (χ1n) is 6.81. The van der Waals surface area contributed by atoms with E-state index in [1.165, 1.54) is 0 Å². The van der Waals surface area contributed by atoms with E-state index in [0.717, 1.165) is 29.2 Å². The zero-order valence-electron chi connectivity index (χ0n) is 12.6. The van der Waals surface area contributed by atoms with Gasteiger partial charge in [-0.15, -0.1) is 0 Å². The van der Waals surface area contributed by atoms with Crippen LogP contribution in [0.2, 0.25) is 10.0 Å². The Labute approximate surface area is 135 Å². The van der Waals surface area contributed by atoms with Crippen LogP contribution in [-0.4, -0.2) is 13.7 Å². The Morgan fingerprint density at radius 3 is 2.38 bits per heavy atom. The predicted octanol–water partition coefficient (Wildman–Crippen LogP) is 4.91. The van der Waals surface area contributed by atoms with Crippen LogP contribution in [0.5, 0.6) is 5.75 Å². The normalized spacial score (nSPS) is 12.5. The molecule has 0 radical (unpaired) electrons. The fourth-order valence-corrected chi connectivity index (χ4v) is 2.96. The molecule has 0 bridgehead atoms. The number of furan rings is 1. The van der Waals surface area contributed by atoms with Crippen molar-refractivity contribution >= 4 is 23.2 Å². The van der Waals surface area contributed by atoms with Gasteiger partial charge in [0.2, 0.25) is 0 Å². The molecule has 1 unspecified atom stereocenters. The molecule has 1 atom stereocenters. The van der Waals surface area contributed by atoms with E-state index in [-0.39, 0.29) is 6.04 Å². The standard InChI is InChI=1S/C16H19Cl2NO2/c1-5-19-16(11-6-9(2)21-10(11)3)12-7-14(18)15(20-4)8-13(12)17/h6-8,16,19H,5H2,1-4H3. The molecule has 0 aliphatic heterocycles. The lowest BCUT2D eigenvalue weighted by Gasteiger charge is -2.20. The van der Waals surface area contributed by atoms with Crippen molar-refractivity contribution in [2.75, 3.05) is 13.7 Å². The second kappa shape index (κ2) is 6.73. The zero-order chi connectivity index (χ0) is 15.6. The fraction of sp³-hybridized carbons (Fsp3) is 0.375. The number of nitrogens with one attached hydrogen (secondary N) is 1. The molecular weight excluding hydrogens is 309 g/mol. The molecule has 1 N–H and O–H groups in total. The third kappa shape index (κ3) is 3.37.